The lowest BCUT2D eigenvalue weighted by Crippen LogP contribution is -2.10. The molecule has 0 saturated carbocycles. The van der Waals surface area contributed by atoms with Gasteiger partial charge in [0.25, 0.3) is 5.56 Å². The minimum absolute atomic E-state index is 0.250. The summed E-state index contributed by atoms with van der Waals surface area (Å²) in [6.07, 6.45) is 1.52. The summed E-state index contributed by atoms with van der Waals surface area (Å²) in [6, 6.07) is 13.0. The van der Waals surface area contributed by atoms with Crippen LogP contribution in [0.3, 0.4) is 0 Å². The third-order valence-electron chi connectivity index (χ3n) is 4.07. The number of H-pyrrole nitrogens is 1. The Labute approximate surface area is 164 Å². The van der Waals surface area contributed by atoms with Crippen molar-refractivity contribution in [1.29, 1.82) is 0 Å². The van der Waals surface area contributed by atoms with Gasteiger partial charge in [0.2, 0.25) is 5.95 Å². The van der Waals surface area contributed by atoms with Crippen LogP contribution in [0.2, 0.25) is 5.15 Å². The summed E-state index contributed by atoms with van der Waals surface area (Å²) in [6.45, 7) is 3.64. The maximum Gasteiger partial charge on any atom is 0.252 e. The molecule has 3 aromatic heterocycles. The number of aromatic amines is 1. The number of hydrogen-bond donors (Lipinski definition) is 2. The van der Waals surface area contributed by atoms with E-state index < -0.39 is 0 Å². The highest BCUT2D eigenvalue weighted by Gasteiger charge is 2.13. The first kappa shape index (κ1) is 17.9. The highest BCUT2D eigenvalue weighted by atomic mass is 35.5. The van der Waals surface area contributed by atoms with Crippen molar-refractivity contribution in [2.45, 2.75) is 13.8 Å². The molecule has 0 spiro atoms. The third-order valence-corrected chi connectivity index (χ3v) is 4.37. The van der Waals surface area contributed by atoms with E-state index in [1.54, 1.807) is 11.6 Å². The quantitative estimate of drug-likeness (QED) is 0.315. The second-order valence-corrected chi connectivity index (χ2v) is 6.54. The lowest BCUT2D eigenvalue weighted by atomic mass is 10.2. The van der Waals surface area contributed by atoms with Crippen LogP contribution in [0.15, 0.2) is 52.4 Å². The van der Waals surface area contributed by atoms with Gasteiger partial charge in [0.1, 0.15) is 5.15 Å². The topological polar surface area (TPSA) is 101 Å². The standard InChI is InChI=1S/C19H16ClN7O/c1-11-8-16(28)23-19(22-11)25-21-10-13-9-15-12(2)26-27(18(15)24-17(13)20)14-6-4-3-5-7-14/h3-10H,1-2H3,(H2,22,23,25,28)/b21-10-. The maximum atomic E-state index is 11.5. The number of aryl methyl sites for hydroxylation is 2. The molecule has 0 aliphatic heterocycles. The van der Waals surface area contributed by atoms with E-state index in [2.05, 4.69) is 30.6 Å². The number of rotatable bonds is 4. The van der Waals surface area contributed by atoms with Gasteiger partial charge in [-0.1, -0.05) is 29.8 Å². The second kappa shape index (κ2) is 7.24. The van der Waals surface area contributed by atoms with Crippen LogP contribution in [0.1, 0.15) is 17.0 Å². The molecule has 8 nitrogen and oxygen atoms in total. The number of halogens is 1. The molecule has 0 bridgehead atoms. The Morgan fingerprint density at radius 1 is 1.18 bits per heavy atom. The van der Waals surface area contributed by atoms with Crippen molar-refractivity contribution in [2.75, 3.05) is 5.43 Å². The summed E-state index contributed by atoms with van der Waals surface area (Å²) in [5.74, 6) is 0.250. The summed E-state index contributed by atoms with van der Waals surface area (Å²) in [5, 5.41) is 9.84. The number of anilines is 1. The number of nitrogens with one attached hydrogen (secondary N) is 2. The van der Waals surface area contributed by atoms with Gasteiger partial charge in [-0.15, -0.1) is 0 Å². The second-order valence-electron chi connectivity index (χ2n) is 6.18. The van der Waals surface area contributed by atoms with Crippen LogP contribution in [0.4, 0.5) is 5.95 Å². The Morgan fingerprint density at radius 3 is 2.71 bits per heavy atom. The smallest absolute Gasteiger partial charge is 0.252 e. The van der Waals surface area contributed by atoms with Crippen LogP contribution in [-0.4, -0.2) is 30.9 Å². The zero-order chi connectivity index (χ0) is 19.7. The molecule has 3 heterocycles. The summed E-state index contributed by atoms with van der Waals surface area (Å²) in [4.78, 5) is 22.7. The molecule has 0 amide bonds. The molecule has 4 aromatic rings. The maximum absolute atomic E-state index is 11.5. The van der Waals surface area contributed by atoms with Gasteiger partial charge in [-0.3, -0.25) is 9.78 Å². The molecular formula is C19H16ClN7O. The van der Waals surface area contributed by atoms with Crippen molar-refractivity contribution in [1.82, 2.24) is 24.7 Å². The van der Waals surface area contributed by atoms with Gasteiger partial charge in [0, 0.05) is 22.7 Å². The molecule has 0 aliphatic rings. The number of fused-ring (bicyclic) bond motifs is 1. The van der Waals surface area contributed by atoms with E-state index in [9.17, 15) is 4.79 Å². The SMILES string of the molecule is Cc1cc(=O)[nH]c(N/N=C\c2cc3c(C)nn(-c4ccccc4)c3nc2Cl)n1. The number of pyridine rings is 1. The van der Waals surface area contributed by atoms with Gasteiger partial charge in [-0.25, -0.2) is 20.1 Å². The number of hydrazone groups is 1. The number of benzene rings is 1. The van der Waals surface area contributed by atoms with Crippen molar-refractivity contribution in [3.8, 4) is 5.69 Å². The average molecular weight is 394 g/mol. The lowest BCUT2D eigenvalue weighted by molar-refractivity contribution is 0.878. The van der Waals surface area contributed by atoms with Crippen molar-refractivity contribution < 1.29 is 0 Å². The van der Waals surface area contributed by atoms with E-state index in [-0.39, 0.29) is 11.5 Å². The molecule has 2 N–H and O–H groups in total. The Morgan fingerprint density at radius 2 is 1.96 bits per heavy atom. The van der Waals surface area contributed by atoms with Crippen LogP contribution in [0.5, 0.6) is 0 Å². The highest BCUT2D eigenvalue weighted by molar-refractivity contribution is 6.32. The Bertz CT molecular complexity index is 1240. The molecule has 1 aromatic carbocycles. The van der Waals surface area contributed by atoms with E-state index in [0.29, 0.717) is 22.1 Å². The van der Waals surface area contributed by atoms with Crippen LogP contribution in [-0.2, 0) is 0 Å². The minimum Gasteiger partial charge on any atom is -0.291 e. The first-order chi connectivity index (χ1) is 13.5. The van der Waals surface area contributed by atoms with Crippen molar-refractivity contribution in [3.63, 3.8) is 0 Å². The Balaban J connectivity index is 1.68. The monoisotopic (exact) mass is 393 g/mol. The van der Waals surface area contributed by atoms with Gasteiger partial charge in [-0.05, 0) is 32.0 Å². The molecule has 28 heavy (non-hydrogen) atoms. The fourth-order valence-corrected chi connectivity index (χ4v) is 2.99. The molecule has 4 rings (SSSR count). The van der Waals surface area contributed by atoms with Gasteiger partial charge >= 0.3 is 0 Å². The van der Waals surface area contributed by atoms with E-state index in [4.69, 9.17) is 11.6 Å². The first-order valence-electron chi connectivity index (χ1n) is 8.49. The number of nitrogens with zero attached hydrogens (tertiary/aromatic N) is 5. The van der Waals surface area contributed by atoms with Crippen molar-refractivity contribution in [2.24, 2.45) is 5.10 Å². The molecule has 0 saturated heterocycles. The van der Waals surface area contributed by atoms with Crippen LogP contribution >= 0.6 is 11.6 Å². The van der Waals surface area contributed by atoms with E-state index in [1.165, 1.54) is 12.3 Å². The van der Waals surface area contributed by atoms with Gasteiger partial charge in [0.15, 0.2) is 5.65 Å². The third kappa shape index (κ3) is 3.49. The Kier molecular flexibility index (Phi) is 4.62. The fourth-order valence-electron chi connectivity index (χ4n) is 2.81. The number of aromatic nitrogens is 5. The van der Waals surface area contributed by atoms with Crippen molar-refractivity contribution >= 4 is 34.8 Å². The van der Waals surface area contributed by atoms with Crippen LogP contribution in [0, 0.1) is 13.8 Å². The predicted octanol–water partition coefficient (Wildman–Crippen LogP) is 3.22. The van der Waals surface area contributed by atoms with Crippen LogP contribution < -0.4 is 11.0 Å². The molecule has 9 heteroatoms. The molecular weight excluding hydrogens is 378 g/mol. The van der Waals surface area contributed by atoms with Crippen LogP contribution in [0.25, 0.3) is 16.7 Å². The zero-order valence-electron chi connectivity index (χ0n) is 15.1. The molecule has 0 radical (unpaired) electrons. The average Bonchev–Trinajstić information content (AvgIpc) is 2.97. The van der Waals surface area contributed by atoms with E-state index >= 15 is 0 Å². The molecule has 140 valence electrons. The molecule has 0 fully saturated rings. The molecule has 0 aliphatic carbocycles. The molecule has 0 unspecified atom stereocenters. The van der Waals surface area contributed by atoms with Gasteiger partial charge in [-0.2, -0.15) is 10.2 Å². The van der Waals surface area contributed by atoms with E-state index in [1.807, 2.05) is 43.3 Å². The number of para-hydroxylation sites is 1. The fraction of sp³-hybridized carbons (Fsp3) is 0.105. The normalized spacial score (nSPS) is 11.4. The minimum atomic E-state index is -0.254. The Hall–Kier alpha value is -3.52. The predicted molar refractivity (Wildman–Crippen MR) is 109 cm³/mol. The lowest BCUT2D eigenvalue weighted by Gasteiger charge is -2.04. The summed E-state index contributed by atoms with van der Waals surface area (Å²) < 4.78 is 1.76. The summed E-state index contributed by atoms with van der Waals surface area (Å²) in [5.41, 5.74) is 6.05. The summed E-state index contributed by atoms with van der Waals surface area (Å²) in [7, 11) is 0. The van der Waals surface area contributed by atoms with E-state index in [0.717, 1.165) is 16.8 Å². The van der Waals surface area contributed by atoms with Gasteiger partial charge in [0.05, 0.1) is 17.6 Å². The zero-order valence-corrected chi connectivity index (χ0v) is 15.9. The van der Waals surface area contributed by atoms with Gasteiger partial charge < -0.3 is 0 Å². The highest BCUT2D eigenvalue weighted by Crippen LogP contribution is 2.24. The summed E-state index contributed by atoms with van der Waals surface area (Å²) >= 11 is 6.36. The van der Waals surface area contributed by atoms with Crippen molar-refractivity contribution in [3.05, 3.63) is 74.9 Å². The molecule has 0 atom stereocenters. The number of hydrogen-bond acceptors (Lipinski definition) is 6. The first-order valence-corrected chi connectivity index (χ1v) is 8.87. The largest absolute Gasteiger partial charge is 0.291 e.